The molecule has 160 valence electrons. The molecule has 0 aliphatic carbocycles. The smallest absolute Gasteiger partial charge is 0.332 e. The number of carbonyl (C=O) groups is 1. The van der Waals surface area contributed by atoms with Gasteiger partial charge in [0.1, 0.15) is 11.3 Å². The maximum atomic E-state index is 12.9. The number of thioether (sulfide) groups is 1. The first-order valence-electron chi connectivity index (χ1n) is 9.50. The van der Waals surface area contributed by atoms with Crippen molar-refractivity contribution >= 4 is 39.9 Å². The number of rotatable bonds is 5. The summed E-state index contributed by atoms with van der Waals surface area (Å²) in [6.45, 7) is 0. The number of imidazole rings is 2. The molecule has 0 saturated carbocycles. The Bertz CT molecular complexity index is 1570. The number of primary amides is 1. The summed E-state index contributed by atoms with van der Waals surface area (Å²) in [5.41, 5.74) is 8.09. The number of para-hydroxylation sites is 2. The molecule has 3 heterocycles. The number of carbonyl (C=O) groups excluding carboxylic acids is 1. The quantitative estimate of drug-likeness (QED) is 0.351. The number of ether oxygens (including phenoxy) is 1. The fraction of sp³-hybridized carbons (Fsp3) is 0.0952. The molecule has 10 nitrogen and oxygen atoms in total. The molecule has 0 aliphatic rings. The average Bonchev–Trinajstić information content (AvgIpc) is 3.37. The lowest BCUT2D eigenvalue weighted by Gasteiger charge is -2.10. The van der Waals surface area contributed by atoms with Gasteiger partial charge in [-0.2, -0.15) is 0 Å². The minimum absolute atomic E-state index is 0.0785. The van der Waals surface area contributed by atoms with E-state index in [0.717, 1.165) is 16.2 Å². The first-order chi connectivity index (χ1) is 15.5. The topological polar surface area (TPSA) is 145 Å². The van der Waals surface area contributed by atoms with Crippen molar-refractivity contribution in [2.24, 2.45) is 5.73 Å². The largest absolute Gasteiger partial charge is 0.495 e. The molecule has 0 spiro atoms. The molecule has 5 rings (SSSR count). The van der Waals surface area contributed by atoms with Gasteiger partial charge in [0, 0.05) is 5.56 Å². The predicted molar refractivity (Wildman–Crippen MR) is 121 cm³/mol. The van der Waals surface area contributed by atoms with Crippen molar-refractivity contribution < 1.29 is 9.53 Å². The highest BCUT2D eigenvalue weighted by atomic mass is 32.2. The summed E-state index contributed by atoms with van der Waals surface area (Å²) in [6.07, 6.45) is 1.93. The third kappa shape index (κ3) is 3.10. The second kappa shape index (κ2) is 7.54. The fourth-order valence-electron chi connectivity index (χ4n) is 3.55. The number of nitrogens with two attached hydrogens (primary N) is 1. The minimum atomic E-state index is -0.778. The zero-order valence-electron chi connectivity index (χ0n) is 17.0. The number of nitrogens with zero attached hydrogens (tertiary/aromatic N) is 4. The van der Waals surface area contributed by atoms with Crippen molar-refractivity contribution in [3.63, 3.8) is 0 Å². The van der Waals surface area contributed by atoms with E-state index >= 15 is 0 Å². The highest BCUT2D eigenvalue weighted by Crippen LogP contribution is 2.28. The van der Waals surface area contributed by atoms with Crippen LogP contribution in [0.3, 0.4) is 0 Å². The van der Waals surface area contributed by atoms with Gasteiger partial charge >= 0.3 is 5.69 Å². The molecule has 32 heavy (non-hydrogen) atoms. The highest BCUT2D eigenvalue weighted by Gasteiger charge is 2.21. The predicted octanol–water partition coefficient (Wildman–Crippen LogP) is 2.48. The van der Waals surface area contributed by atoms with Crippen molar-refractivity contribution in [3.05, 3.63) is 58.6 Å². The molecule has 0 fully saturated rings. The van der Waals surface area contributed by atoms with Crippen molar-refractivity contribution in [2.45, 2.75) is 5.16 Å². The zero-order chi connectivity index (χ0) is 22.4. The van der Waals surface area contributed by atoms with Gasteiger partial charge in [-0.05, 0) is 36.6 Å². The van der Waals surface area contributed by atoms with E-state index in [1.54, 1.807) is 30.3 Å². The molecule has 0 bridgehead atoms. The van der Waals surface area contributed by atoms with Gasteiger partial charge in [0.25, 0.3) is 5.91 Å². The molecule has 0 saturated heterocycles. The van der Waals surface area contributed by atoms with Gasteiger partial charge in [-0.3, -0.25) is 4.79 Å². The molecule has 0 atom stereocenters. The minimum Gasteiger partial charge on any atom is -0.495 e. The van der Waals surface area contributed by atoms with Crippen LogP contribution in [0.5, 0.6) is 5.75 Å². The van der Waals surface area contributed by atoms with Gasteiger partial charge in [0.2, 0.25) is 0 Å². The van der Waals surface area contributed by atoms with Gasteiger partial charge in [-0.1, -0.05) is 23.9 Å². The van der Waals surface area contributed by atoms with E-state index < -0.39 is 11.6 Å². The normalized spacial score (nSPS) is 11.3. The summed E-state index contributed by atoms with van der Waals surface area (Å²) in [5.74, 6) is -0.0599. The molecule has 2 aromatic carbocycles. The Morgan fingerprint density at radius 2 is 1.94 bits per heavy atom. The van der Waals surface area contributed by atoms with E-state index in [1.807, 2.05) is 18.4 Å². The summed E-state index contributed by atoms with van der Waals surface area (Å²) in [4.78, 5) is 44.3. The van der Waals surface area contributed by atoms with E-state index in [2.05, 4.69) is 24.9 Å². The van der Waals surface area contributed by atoms with E-state index in [4.69, 9.17) is 10.5 Å². The number of aromatic nitrogens is 6. The van der Waals surface area contributed by atoms with Gasteiger partial charge in [0.15, 0.2) is 22.3 Å². The standard InChI is InChI=1S/C21H17N7O3S/c1-31-14-6-4-3-5-13(14)28-19-16(26-21(28)30)15(17(22)29)25-18(27-19)10-7-8-11-12(9-10)24-20(23-11)32-2/h3-9H,1-2H3,(H2,22,29)(H,23,24)(H,26,30). The first-order valence-corrected chi connectivity index (χ1v) is 10.7. The van der Waals surface area contributed by atoms with Crippen LogP contribution in [-0.4, -0.2) is 48.8 Å². The molecule has 0 radical (unpaired) electrons. The van der Waals surface area contributed by atoms with Crippen LogP contribution in [0.15, 0.2) is 52.4 Å². The number of aromatic amines is 2. The molecule has 11 heteroatoms. The number of fused-ring (bicyclic) bond motifs is 2. The number of nitrogens with one attached hydrogen (secondary N) is 2. The molecule has 0 unspecified atom stereocenters. The number of H-pyrrole nitrogens is 2. The number of hydrogen-bond donors (Lipinski definition) is 3. The Morgan fingerprint density at radius 1 is 1.12 bits per heavy atom. The second-order valence-electron chi connectivity index (χ2n) is 6.87. The highest BCUT2D eigenvalue weighted by molar-refractivity contribution is 7.98. The Morgan fingerprint density at radius 3 is 2.69 bits per heavy atom. The van der Waals surface area contributed by atoms with E-state index in [1.165, 1.54) is 23.4 Å². The van der Waals surface area contributed by atoms with Crippen molar-refractivity contribution in [3.8, 4) is 22.8 Å². The first kappa shape index (κ1) is 19.8. The van der Waals surface area contributed by atoms with Gasteiger partial charge < -0.3 is 20.4 Å². The Hall–Kier alpha value is -4.12. The Labute approximate surface area is 184 Å². The average molecular weight is 447 g/mol. The van der Waals surface area contributed by atoms with Crippen LogP contribution in [-0.2, 0) is 0 Å². The Kier molecular flexibility index (Phi) is 4.67. The van der Waals surface area contributed by atoms with Crippen LogP contribution >= 0.6 is 11.8 Å². The zero-order valence-corrected chi connectivity index (χ0v) is 17.9. The van der Waals surface area contributed by atoms with Crippen molar-refractivity contribution in [1.82, 2.24) is 29.5 Å². The second-order valence-corrected chi connectivity index (χ2v) is 7.67. The van der Waals surface area contributed by atoms with Crippen molar-refractivity contribution in [1.29, 1.82) is 0 Å². The number of benzene rings is 2. The maximum Gasteiger partial charge on any atom is 0.332 e. The van der Waals surface area contributed by atoms with Crippen LogP contribution < -0.4 is 16.2 Å². The fourth-order valence-corrected chi connectivity index (χ4v) is 3.95. The SMILES string of the molecule is COc1ccccc1-n1c(=O)[nH]c2c(C(N)=O)nc(-c3ccc4nc(SC)[nH]c4c3)nc21. The van der Waals surface area contributed by atoms with Crippen LogP contribution in [0.4, 0.5) is 0 Å². The molecular weight excluding hydrogens is 430 g/mol. The summed E-state index contributed by atoms with van der Waals surface area (Å²) in [6, 6.07) is 12.5. The van der Waals surface area contributed by atoms with Crippen LogP contribution in [0.2, 0.25) is 0 Å². The molecular formula is C21H17N7O3S. The summed E-state index contributed by atoms with van der Waals surface area (Å²) in [5, 5.41) is 0.780. The van der Waals surface area contributed by atoms with Crippen LogP contribution in [0, 0.1) is 0 Å². The van der Waals surface area contributed by atoms with E-state index in [0.29, 0.717) is 17.0 Å². The Balaban J connectivity index is 1.80. The third-order valence-corrected chi connectivity index (χ3v) is 5.59. The third-order valence-electron chi connectivity index (χ3n) is 5.01. The maximum absolute atomic E-state index is 12.9. The van der Waals surface area contributed by atoms with Gasteiger partial charge in [0.05, 0.1) is 23.8 Å². The van der Waals surface area contributed by atoms with E-state index in [-0.39, 0.29) is 22.7 Å². The lowest BCUT2D eigenvalue weighted by molar-refractivity contribution is 0.0997. The monoisotopic (exact) mass is 447 g/mol. The molecule has 3 aromatic heterocycles. The number of hydrogen-bond acceptors (Lipinski definition) is 7. The van der Waals surface area contributed by atoms with Crippen LogP contribution in [0.1, 0.15) is 10.5 Å². The lowest BCUT2D eigenvalue weighted by atomic mass is 10.2. The number of methoxy groups -OCH3 is 1. The van der Waals surface area contributed by atoms with Gasteiger partial charge in [-0.25, -0.2) is 24.3 Å². The summed E-state index contributed by atoms with van der Waals surface area (Å²) in [7, 11) is 1.51. The molecule has 4 N–H and O–H groups in total. The molecule has 5 aromatic rings. The summed E-state index contributed by atoms with van der Waals surface area (Å²) >= 11 is 1.50. The number of amides is 1. The lowest BCUT2D eigenvalue weighted by Crippen LogP contribution is -2.16. The van der Waals surface area contributed by atoms with Gasteiger partial charge in [-0.15, -0.1) is 0 Å². The van der Waals surface area contributed by atoms with Crippen molar-refractivity contribution in [2.75, 3.05) is 13.4 Å². The van der Waals surface area contributed by atoms with Crippen LogP contribution in [0.25, 0.3) is 39.3 Å². The van der Waals surface area contributed by atoms with E-state index in [9.17, 15) is 9.59 Å². The summed E-state index contributed by atoms with van der Waals surface area (Å²) < 4.78 is 6.74. The molecule has 1 amide bonds. The molecule has 0 aliphatic heterocycles.